The lowest BCUT2D eigenvalue weighted by Crippen LogP contribution is -2.64. The fourth-order valence-electron chi connectivity index (χ4n) is 3.27. The molecule has 1 fully saturated rings. The highest BCUT2D eigenvalue weighted by molar-refractivity contribution is 8.13. The summed E-state index contributed by atoms with van der Waals surface area (Å²) in [4.78, 5) is 47.6. The lowest BCUT2D eigenvalue weighted by atomic mass is 9.77. The quantitative estimate of drug-likeness (QED) is 0.214. The Kier molecular flexibility index (Phi) is 12.7. The molecule has 0 bridgehead atoms. The minimum absolute atomic E-state index is 0.171. The number of amides is 2. The number of carbonyl (C=O) groups is 4. The van der Waals surface area contributed by atoms with E-state index in [0.717, 1.165) is 7.11 Å². The summed E-state index contributed by atoms with van der Waals surface area (Å²) in [5.74, 6) is -2.76. The van der Waals surface area contributed by atoms with Crippen molar-refractivity contribution in [2.75, 3.05) is 19.5 Å². The van der Waals surface area contributed by atoms with Crippen LogP contribution in [0.25, 0.3) is 0 Å². The fourth-order valence-corrected chi connectivity index (χ4v) is 4.37. The van der Waals surface area contributed by atoms with E-state index in [1.54, 1.807) is 6.92 Å². The minimum Gasteiger partial charge on any atom is -0.467 e. The number of thioether (sulfide) groups is 1. The van der Waals surface area contributed by atoms with Crippen molar-refractivity contribution in [3.05, 3.63) is 12.7 Å². The third kappa shape index (κ3) is 7.33. The van der Waals surface area contributed by atoms with Crippen molar-refractivity contribution in [3.8, 4) is 0 Å². The average molecular weight is 461 g/mol. The van der Waals surface area contributed by atoms with E-state index in [9.17, 15) is 29.4 Å². The van der Waals surface area contributed by atoms with E-state index in [2.05, 4.69) is 28.9 Å². The van der Waals surface area contributed by atoms with E-state index in [-0.39, 0.29) is 12.2 Å². The minimum atomic E-state index is -1.88. The molecule has 0 aromatic rings. The Morgan fingerprint density at radius 3 is 2.35 bits per heavy atom. The number of nitrogens with one attached hydrogen (secondary N) is 2. The maximum Gasteiger partial charge on any atom is 0.329 e. The molecule has 10 heteroatoms. The number of hydrogen-bond donors (Lipinski definition) is 4. The van der Waals surface area contributed by atoms with Gasteiger partial charge in [0.2, 0.25) is 16.9 Å². The first-order valence-corrected chi connectivity index (χ1v) is 11.3. The Labute approximate surface area is 188 Å². The van der Waals surface area contributed by atoms with Crippen LogP contribution in [-0.4, -0.2) is 69.8 Å². The van der Waals surface area contributed by atoms with Crippen LogP contribution in [0.5, 0.6) is 0 Å². The summed E-state index contributed by atoms with van der Waals surface area (Å²) < 4.78 is 4.57. The van der Waals surface area contributed by atoms with Gasteiger partial charge in [-0.25, -0.2) is 4.79 Å². The number of unbranched alkanes of at least 4 members (excludes halogenated alkanes) is 2. The van der Waals surface area contributed by atoms with Gasteiger partial charge in [-0.3, -0.25) is 14.4 Å². The molecule has 4 atom stereocenters. The zero-order chi connectivity index (χ0) is 24.2. The van der Waals surface area contributed by atoms with E-state index in [1.165, 1.54) is 33.1 Å². The molecule has 1 aliphatic rings. The highest BCUT2D eigenvalue weighted by Gasteiger charge is 2.64. The second-order valence-electron chi connectivity index (χ2n) is 7.47. The number of aliphatic hydroxyl groups excluding tert-OH is 1. The van der Waals surface area contributed by atoms with Gasteiger partial charge in [0.1, 0.15) is 11.6 Å². The Hall–Kier alpha value is -1.91. The number of methoxy groups -OCH3 is 1. The maximum atomic E-state index is 12.7. The zero-order valence-corrected chi connectivity index (χ0v) is 19.8. The van der Waals surface area contributed by atoms with Crippen LogP contribution in [0.3, 0.4) is 0 Å². The Balaban J connectivity index is 0.00000131. The fraction of sp³-hybridized carbons (Fsp3) is 0.714. The van der Waals surface area contributed by atoms with Gasteiger partial charge in [-0.2, -0.15) is 0 Å². The molecule has 0 saturated carbocycles. The molecule has 1 rings (SSSR count). The number of aliphatic hydroxyl groups is 2. The van der Waals surface area contributed by atoms with E-state index >= 15 is 0 Å². The topological polar surface area (TPSA) is 142 Å². The monoisotopic (exact) mass is 460 g/mol. The first-order chi connectivity index (χ1) is 14.5. The maximum absolute atomic E-state index is 12.7. The summed E-state index contributed by atoms with van der Waals surface area (Å²) in [5, 5.41) is 24.5. The third-order valence-corrected chi connectivity index (χ3v) is 6.31. The van der Waals surface area contributed by atoms with Crippen LogP contribution in [-0.2, 0) is 23.9 Å². The van der Waals surface area contributed by atoms with E-state index in [0.29, 0.717) is 11.8 Å². The largest absolute Gasteiger partial charge is 0.467 e. The van der Waals surface area contributed by atoms with Gasteiger partial charge in [0.15, 0.2) is 5.54 Å². The highest BCUT2D eigenvalue weighted by atomic mass is 32.2. The molecule has 1 saturated heterocycles. The Morgan fingerprint density at radius 1 is 1.39 bits per heavy atom. The van der Waals surface area contributed by atoms with Crippen LogP contribution in [0.15, 0.2) is 12.7 Å². The molecule has 1 aliphatic heterocycles. The van der Waals surface area contributed by atoms with Crippen LogP contribution in [0.2, 0.25) is 0 Å². The smallest absolute Gasteiger partial charge is 0.329 e. The first-order valence-electron chi connectivity index (χ1n) is 10.3. The van der Waals surface area contributed by atoms with Gasteiger partial charge in [0, 0.05) is 12.7 Å². The molecule has 0 aromatic heterocycles. The van der Waals surface area contributed by atoms with E-state index in [4.69, 9.17) is 0 Å². The number of hydrogen-bond acceptors (Lipinski definition) is 8. The van der Waals surface area contributed by atoms with E-state index in [1.807, 2.05) is 6.08 Å². The molecular weight excluding hydrogens is 424 g/mol. The molecule has 0 radical (unpaired) electrons. The molecule has 1 heterocycles. The van der Waals surface area contributed by atoms with Crippen molar-refractivity contribution < 1.29 is 34.1 Å². The third-order valence-electron chi connectivity index (χ3n) is 5.20. The lowest BCUT2D eigenvalue weighted by molar-refractivity contribution is -0.144. The van der Waals surface area contributed by atoms with Crippen LogP contribution in [0.4, 0.5) is 0 Å². The van der Waals surface area contributed by atoms with Crippen LogP contribution >= 0.6 is 11.8 Å². The second-order valence-corrected chi connectivity index (χ2v) is 8.46. The predicted molar refractivity (Wildman–Crippen MR) is 119 cm³/mol. The zero-order valence-electron chi connectivity index (χ0n) is 19.0. The van der Waals surface area contributed by atoms with Crippen LogP contribution in [0.1, 0.15) is 53.4 Å². The van der Waals surface area contributed by atoms with Crippen molar-refractivity contribution in [2.45, 2.75) is 70.6 Å². The summed E-state index contributed by atoms with van der Waals surface area (Å²) in [6.07, 6.45) is 6.00. The summed E-state index contributed by atoms with van der Waals surface area (Å²) in [6, 6.07) is -1.07. The molecule has 0 spiro atoms. The molecule has 178 valence electrons. The Bertz CT molecular complexity index is 654. The standard InChI is InChI=1S/C15H24N2O7S.C6H12/c1-5-9-11(20)17-15(7-18,14(9,3)23)13(22)25-6-10(12(21)24-4)16-8(2)19;1-3-5-6-4-2/h9-10,18,23H,5-7H2,1-4H3,(H,16,19)(H,17,20);3H,1,4-6H2,2H3/t9?,10?,14-,15-;/m0./s1. The molecule has 9 nitrogen and oxygen atoms in total. The lowest BCUT2D eigenvalue weighted by Gasteiger charge is -2.38. The average Bonchev–Trinajstić information content (AvgIpc) is 2.93. The number of rotatable bonds is 10. The van der Waals surface area contributed by atoms with Gasteiger partial charge >= 0.3 is 5.97 Å². The number of allylic oxidation sites excluding steroid dienone is 1. The summed E-state index contributed by atoms with van der Waals surface area (Å²) >= 11 is 0.619. The molecular formula is C21H36N2O7S. The normalized spacial score (nSPS) is 25.5. The Morgan fingerprint density at radius 2 is 2.00 bits per heavy atom. The molecule has 31 heavy (non-hydrogen) atoms. The van der Waals surface area contributed by atoms with Gasteiger partial charge in [0.25, 0.3) is 0 Å². The van der Waals surface area contributed by atoms with E-state index < -0.39 is 52.6 Å². The SMILES string of the molecule is C=CCCCC.CCC1C(=O)N[C@@](CO)(C(=O)SCC(NC(C)=O)C(=O)OC)[C@@]1(C)O. The number of esters is 1. The van der Waals surface area contributed by atoms with Gasteiger partial charge in [-0.15, -0.1) is 6.58 Å². The highest BCUT2D eigenvalue weighted by Crippen LogP contribution is 2.40. The summed E-state index contributed by atoms with van der Waals surface area (Å²) in [7, 11) is 1.15. The first kappa shape index (κ1) is 29.1. The molecule has 2 unspecified atom stereocenters. The van der Waals surface area contributed by atoms with Crippen molar-refractivity contribution in [1.82, 2.24) is 10.6 Å². The van der Waals surface area contributed by atoms with Crippen molar-refractivity contribution in [1.29, 1.82) is 0 Å². The van der Waals surface area contributed by atoms with Gasteiger partial charge in [-0.1, -0.05) is 44.5 Å². The van der Waals surface area contributed by atoms with Gasteiger partial charge < -0.3 is 25.6 Å². The summed E-state index contributed by atoms with van der Waals surface area (Å²) in [6.45, 7) is 9.21. The summed E-state index contributed by atoms with van der Waals surface area (Å²) in [5.41, 5.74) is -3.68. The molecule has 0 aromatic carbocycles. The van der Waals surface area contributed by atoms with Crippen molar-refractivity contribution in [2.24, 2.45) is 5.92 Å². The molecule has 2 amide bonds. The molecule has 0 aliphatic carbocycles. The van der Waals surface area contributed by atoms with Crippen LogP contribution < -0.4 is 10.6 Å². The van der Waals surface area contributed by atoms with Crippen molar-refractivity contribution >= 4 is 34.7 Å². The van der Waals surface area contributed by atoms with Crippen LogP contribution in [0, 0.1) is 5.92 Å². The second kappa shape index (κ2) is 13.5. The number of carbonyl (C=O) groups excluding carboxylic acids is 4. The van der Waals surface area contributed by atoms with Gasteiger partial charge in [0.05, 0.1) is 19.6 Å². The number of ether oxygens (including phenoxy) is 1. The van der Waals surface area contributed by atoms with Gasteiger partial charge in [-0.05, 0) is 19.8 Å². The van der Waals surface area contributed by atoms with Crippen molar-refractivity contribution in [3.63, 3.8) is 0 Å². The molecule has 4 N–H and O–H groups in total. The predicted octanol–water partition coefficient (Wildman–Crippen LogP) is 0.925.